The minimum absolute atomic E-state index is 0. The highest BCUT2D eigenvalue weighted by Gasteiger charge is 2.25. The van der Waals surface area contributed by atoms with Crippen molar-refractivity contribution in [3.8, 4) is 0 Å². The summed E-state index contributed by atoms with van der Waals surface area (Å²) in [4.78, 5) is 26.2. The maximum atomic E-state index is 12.1. The minimum Gasteiger partial charge on any atom is -0.481 e. The second-order valence-corrected chi connectivity index (χ2v) is 5.80. The maximum absolute atomic E-state index is 12.1. The van der Waals surface area contributed by atoms with Crippen molar-refractivity contribution in [3.05, 3.63) is 0 Å². The molecular weight excluding hydrogens is 280 g/mol. The van der Waals surface area contributed by atoms with Gasteiger partial charge in [0.25, 0.3) is 0 Å². The van der Waals surface area contributed by atoms with Crippen LogP contribution in [0.25, 0.3) is 0 Å². The quantitative estimate of drug-likeness (QED) is 0.813. The SMILES string of the molecule is CC1CCC(N(C)C(=O)CN(C)CCC(=O)O)CC1.Cl. The summed E-state index contributed by atoms with van der Waals surface area (Å²) in [6.45, 7) is 2.98. The Morgan fingerprint density at radius 2 is 1.70 bits per heavy atom. The molecule has 1 saturated carbocycles. The van der Waals surface area contributed by atoms with Crippen molar-refractivity contribution in [2.75, 3.05) is 27.2 Å². The van der Waals surface area contributed by atoms with Crippen LogP contribution in [0.2, 0.25) is 0 Å². The van der Waals surface area contributed by atoms with Crippen molar-refractivity contribution < 1.29 is 14.7 Å². The van der Waals surface area contributed by atoms with Gasteiger partial charge in [0.2, 0.25) is 5.91 Å². The molecule has 1 fully saturated rings. The van der Waals surface area contributed by atoms with E-state index in [-0.39, 0.29) is 24.7 Å². The van der Waals surface area contributed by atoms with E-state index in [1.54, 1.807) is 11.9 Å². The third-order valence-corrected chi connectivity index (χ3v) is 4.04. The minimum atomic E-state index is -0.825. The first-order valence-corrected chi connectivity index (χ1v) is 7.06. The summed E-state index contributed by atoms with van der Waals surface area (Å²) in [7, 11) is 3.66. The van der Waals surface area contributed by atoms with E-state index in [4.69, 9.17) is 5.11 Å². The Hall–Kier alpha value is -0.810. The summed E-state index contributed by atoms with van der Waals surface area (Å²) >= 11 is 0. The number of rotatable bonds is 6. The molecule has 0 radical (unpaired) electrons. The van der Waals surface area contributed by atoms with E-state index in [1.165, 1.54) is 12.8 Å². The van der Waals surface area contributed by atoms with Crippen LogP contribution in [0.5, 0.6) is 0 Å². The van der Waals surface area contributed by atoms with Gasteiger partial charge in [0.05, 0.1) is 13.0 Å². The van der Waals surface area contributed by atoms with Gasteiger partial charge in [0.15, 0.2) is 0 Å². The van der Waals surface area contributed by atoms with Crippen LogP contribution >= 0.6 is 12.4 Å². The number of hydrogen-bond acceptors (Lipinski definition) is 3. The van der Waals surface area contributed by atoms with E-state index in [0.29, 0.717) is 19.1 Å². The largest absolute Gasteiger partial charge is 0.481 e. The summed E-state index contributed by atoms with van der Waals surface area (Å²) in [5.41, 5.74) is 0. The Morgan fingerprint density at radius 3 is 2.20 bits per heavy atom. The number of likely N-dealkylation sites (N-methyl/N-ethyl adjacent to an activating group) is 2. The molecule has 0 aromatic carbocycles. The van der Waals surface area contributed by atoms with Crippen molar-refractivity contribution >= 4 is 24.3 Å². The zero-order chi connectivity index (χ0) is 14.4. The molecule has 0 spiro atoms. The van der Waals surface area contributed by atoms with Gasteiger partial charge < -0.3 is 10.0 Å². The molecule has 0 aliphatic heterocycles. The van der Waals surface area contributed by atoms with Crippen LogP contribution in [0.3, 0.4) is 0 Å². The lowest BCUT2D eigenvalue weighted by molar-refractivity contribution is -0.138. The summed E-state index contributed by atoms with van der Waals surface area (Å²) < 4.78 is 0. The summed E-state index contributed by atoms with van der Waals surface area (Å²) in [5.74, 6) is 0.0411. The molecule has 5 nitrogen and oxygen atoms in total. The molecule has 0 heterocycles. The Bertz CT molecular complexity index is 318. The fraction of sp³-hybridized carbons (Fsp3) is 0.857. The summed E-state index contributed by atoms with van der Waals surface area (Å²) in [6, 6.07) is 0.358. The van der Waals surface area contributed by atoms with Crippen molar-refractivity contribution in [1.29, 1.82) is 0 Å². The number of halogens is 1. The van der Waals surface area contributed by atoms with E-state index in [2.05, 4.69) is 6.92 Å². The third kappa shape index (κ3) is 6.57. The molecule has 1 aliphatic carbocycles. The monoisotopic (exact) mass is 306 g/mol. The first kappa shape index (κ1) is 19.2. The predicted molar refractivity (Wildman–Crippen MR) is 81.2 cm³/mol. The lowest BCUT2D eigenvalue weighted by atomic mass is 9.87. The normalized spacial score (nSPS) is 22.2. The standard InChI is InChI=1S/C14H26N2O3.ClH/c1-11-4-6-12(7-5-11)16(3)13(17)10-15(2)9-8-14(18)19;/h11-12H,4-10H2,1-3H3,(H,18,19);1H. The van der Waals surface area contributed by atoms with Gasteiger partial charge in [-0.05, 0) is 38.6 Å². The lowest BCUT2D eigenvalue weighted by Crippen LogP contribution is -2.44. The number of hydrogen-bond donors (Lipinski definition) is 1. The van der Waals surface area contributed by atoms with E-state index in [1.807, 2.05) is 11.9 Å². The lowest BCUT2D eigenvalue weighted by Gasteiger charge is -2.34. The fourth-order valence-electron chi connectivity index (χ4n) is 2.54. The molecular formula is C14H27ClN2O3. The number of carbonyl (C=O) groups excluding carboxylic acids is 1. The Balaban J connectivity index is 0.00000361. The van der Waals surface area contributed by atoms with Crippen molar-refractivity contribution in [3.63, 3.8) is 0 Å². The average molecular weight is 307 g/mol. The van der Waals surface area contributed by atoms with Gasteiger partial charge in [-0.15, -0.1) is 12.4 Å². The molecule has 0 aromatic heterocycles. The molecule has 0 bridgehead atoms. The van der Waals surface area contributed by atoms with Crippen LogP contribution in [-0.4, -0.2) is 60.0 Å². The van der Waals surface area contributed by atoms with Gasteiger partial charge >= 0.3 is 5.97 Å². The fourth-order valence-corrected chi connectivity index (χ4v) is 2.54. The number of carboxylic acids is 1. The van der Waals surface area contributed by atoms with E-state index in [0.717, 1.165) is 18.8 Å². The van der Waals surface area contributed by atoms with Crippen molar-refractivity contribution in [2.24, 2.45) is 5.92 Å². The first-order chi connectivity index (χ1) is 8.90. The molecule has 0 atom stereocenters. The molecule has 1 aliphatic rings. The molecule has 118 valence electrons. The van der Waals surface area contributed by atoms with Gasteiger partial charge in [-0.25, -0.2) is 0 Å². The number of nitrogens with zero attached hydrogens (tertiary/aromatic N) is 2. The number of carboxylic acid groups (broad SMARTS) is 1. The Morgan fingerprint density at radius 1 is 1.15 bits per heavy atom. The van der Waals surface area contributed by atoms with Gasteiger partial charge in [-0.1, -0.05) is 6.92 Å². The Kier molecular flexibility index (Phi) is 8.81. The molecule has 6 heteroatoms. The Labute approximate surface area is 127 Å². The van der Waals surface area contributed by atoms with Crippen LogP contribution in [0.4, 0.5) is 0 Å². The van der Waals surface area contributed by atoms with Crippen LogP contribution < -0.4 is 0 Å². The molecule has 0 saturated heterocycles. The zero-order valence-electron chi connectivity index (χ0n) is 12.7. The molecule has 0 unspecified atom stereocenters. The highest BCUT2D eigenvalue weighted by molar-refractivity contribution is 5.85. The second-order valence-electron chi connectivity index (χ2n) is 5.80. The van der Waals surface area contributed by atoms with Crippen molar-refractivity contribution in [2.45, 2.75) is 45.1 Å². The average Bonchev–Trinajstić information content (AvgIpc) is 2.36. The van der Waals surface area contributed by atoms with Gasteiger partial charge in [-0.2, -0.15) is 0 Å². The highest BCUT2D eigenvalue weighted by Crippen LogP contribution is 2.26. The van der Waals surface area contributed by atoms with E-state index in [9.17, 15) is 9.59 Å². The zero-order valence-corrected chi connectivity index (χ0v) is 13.5. The molecule has 1 rings (SSSR count). The van der Waals surface area contributed by atoms with Gasteiger partial charge in [-0.3, -0.25) is 14.5 Å². The van der Waals surface area contributed by atoms with Crippen LogP contribution in [0.15, 0.2) is 0 Å². The summed E-state index contributed by atoms with van der Waals surface area (Å²) in [6.07, 6.45) is 4.63. The second kappa shape index (κ2) is 9.19. The van der Waals surface area contributed by atoms with Gasteiger partial charge in [0, 0.05) is 19.6 Å². The molecule has 1 N–H and O–H groups in total. The smallest absolute Gasteiger partial charge is 0.304 e. The number of carbonyl (C=O) groups is 2. The number of amides is 1. The predicted octanol–water partition coefficient (Wildman–Crippen LogP) is 1.85. The van der Waals surface area contributed by atoms with Gasteiger partial charge in [0.1, 0.15) is 0 Å². The molecule has 20 heavy (non-hydrogen) atoms. The third-order valence-electron chi connectivity index (χ3n) is 4.04. The van der Waals surface area contributed by atoms with Crippen LogP contribution in [0, 0.1) is 5.92 Å². The summed E-state index contributed by atoms with van der Waals surface area (Å²) in [5, 5.41) is 8.61. The number of aliphatic carboxylic acids is 1. The van der Waals surface area contributed by atoms with E-state index >= 15 is 0 Å². The van der Waals surface area contributed by atoms with E-state index < -0.39 is 5.97 Å². The van der Waals surface area contributed by atoms with Crippen LogP contribution in [-0.2, 0) is 9.59 Å². The first-order valence-electron chi connectivity index (χ1n) is 7.06. The van der Waals surface area contributed by atoms with Crippen LogP contribution in [0.1, 0.15) is 39.0 Å². The molecule has 0 aromatic rings. The molecule has 1 amide bonds. The maximum Gasteiger partial charge on any atom is 0.304 e. The topological polar surface area (TPSA) is 60.9 Å². The highest BCUT2D eigenvalue weighted by atomic mass is 35.5. The van der Waals surface area contributed by atoms with Crippen molar-refractivity contribution in [1.82, 2.24) is 9.80 Å².